The van der Waals surface area contributed by atoms with E-state index in [2.05, 4.69) is 26.8 Å². The van der Waals surface area contributed by atoms with Crippen LogP contribution in [0.15, 0.2) is 18.2 Å². The number of rotatable bonds is 7. The topological polar surface area (TPSA) is 35.2 Å². The maximum atomic E-state index is 5.98. The smallest absolute Gasteiger partial charge is 0.142 e. The molecule has 1 aromatic carbocycles. The SMILES string of the molecule is CCCCCCOc1ccc(C(C)C)cc1N. The van der Waals surface area contributed by atoms with Crippen LogP contribution >= 0.6 is 0 Å². The Hall–Kier alpha value is -1.18. The summed E-state index contributed by atoms with van der Waals surface area (Å²) >= 11 is 0. The van der Waals surface area contributed by atoms with Gasteiger partial charge in [0.15, 0.2) is 0 Å². The standard InChI is InChI=1S/C15H25NO/c1-4-5-6-7-10-17-15-9-8-13(12(2)3)11-14(15)16/h8-9,11-12H,4-7,10,16H2,1-3H3. The highest BCUT2D eigenvalue weighted by atomic mass is 16.5. The minimum Gasteiger partial charge on any atom is -0.491 e. The van der Waals surface area contributed by atoms with Crippen molar-refractivity contribution >= 4 is 5.69 Å². The van der Waals surface area contributed by atoms with Crippen LogP contribution in [-0.2, 0) is 0 Å². The van der Waals surface area contributed by atoms with Gasteiger partial charge in [0.05, 0.1) is 12.3 Å². The van der Waals surface area contributed by atoms with Crippen molar-refractivity contribution in [2.45, 2.75) is 52.4 Å². The molecule has 0 aliphatic rings. The zero-order valence-electron chi connectivity index (χ0n) is 11.3. The normalized spacial score (nSPS) is 10.8. The van der Waals surface area contributed by atoms with E-state index in [4.69, 9.17) is 10.5 Å². The molecule has 0 heterocycles. The van der Waals surface area contributed by atoms with Gasteiger partial charge < -0.3 is 10.5 Å². The van der Waals surface area contributed by atoms with Gasteiger partial charge >= 0.3 is 0 Å². The van der Waals surface area contributed by atoms with E-state index in [0.717, 1.165) is 24.5 Å². The molecular formula is C15H25NO. The molecule has 0 unspecified atom stereocenters. The lowest BCUT2D eigenvalue weighted by molar-refractivity contribution is 0.306. The van der Waals surface area contributed by atoms with Crippen molar-refractivity contribution in [3.05, 3.63) is 23.8 Å². The molecule has 0 spiro atoms. The van der Waals surface area contributed by atoms with Crippen molar-refractivity contribution in [1.29, 1.82) is 0 Å². The summed E-state index contributed by atoms with van der Waals surface area (Å²) in [6.07, 6.45) is 4.88. The Morgan fingerprint density at radius 1 is 1.18 bits per heavy atom. The zero-order chi connectivity index (χ0) is 12.7. The third-order valence-electron chi connectivity index (χ3n) is 2.96. The first kappa shape index (κ1) is 13.9. The molecule has 17 heavy (non-hydrogen) atoms. The molecule has 2 N–H and O–H groups in total. The Morgan fingerprint density at radius 3 is 2.53 bits per heavy atom. The van der Waals surface area contributed by atoms with E-state index in [-0.39, 0.29) is 0 Å². The Balaban J connectivity index is 2.43. The highest BCUT2D eigenvalue weighted by Crippen LogP contribution is 2.26. The molecule has 1 aromatic rings. The maximum Gasteiger partial charge on any atom is 0.142 e. The van der Waals surface area contributed by atoms with Gasteiger partial charge in [0.2, 0.25) is 0 Å². The summed E-state index contributed by atoms with van der Waals surface area (Å²) in [6, 6.07) is 6.11. The predicted molar refractivity (Wildman–Crippen MR) is 74.6 cm³/mol. The summed E-state index contributed by atoms with van der Waals surface area (Å²) in [7, 11) is 0. The minimum absolute atomic E-state index is 0.510. The summed E-state index contributed by atoms with van der Waals surface area (Å²) in [5, 5.41) is 0. The average molecular weight is 235 g/mol. The molecule has 0 radical (unpaired) electrons. The number of nitrogens with two attached hydrogens (primary N) is 1. The molecule has 0 bridgehead atoms. The van der Waals surface area contributed by atoms with E-state index in [0.29, 0.717) is 5.92 Å². The van der Waals surface area contributed by atoms with Crippen LogP contribution in [0.3, 0.4) is 0 Å². The Morgan fingerprint density at radius 2 is 1.94 bits per heavy atom. The van der Waals surface area contributed by atoms with Crippen LogP contribution in [0, 0.1) is 0 Å². The molecule has 0 fully saturated rings. The third-order valence-corrected chi connectivity index (χ3v) is 2.96. The van der Waals surface area contributed by atoms with Crippen LogP contribution in [0.2, 0.25) is 0 Å². The van der Waals surface area contributed by atoms with Crippen LogP contribution in [0.4, 0.5) is 5.69 Å². The fraction of sp³-hybridized carbons (Fsp3) is 0.600. The Bertz CT molecular complexity index is 334. The monoisotopic (exact) mass is 235 g/mol. The van der Waals surface area contributed by atoms with Gasteiger partial charge in [-0.2, -0.15) is 0 Å². The number of anilines is 1. The van der Waals surface area contributed by atoms with E-state index in [9.17, 15) is 0 Å². The molecule has 0 aromatic heterocycles. The summed E-state index contributed by atoms with van der Waals surface area (Å²) < 4.78 is 5.69. The second-order valence-corrected chi connectivity index (χ2v) is 4.86. The molecule has 0 aliphatic heterocycles. The minimum atomic E-state index is 0.510. The van der Waals surface area contributed by atoms with E-state index in [1.54, 1.807) is 0 Å². The second kappa shape index (κ2) is 7.21. The summed E-state index contributed by atoms with van der Waals surface area (Å²) in [4.78, 5) is 0. The number of hydrogen-bond donors (Lipinski definition) is 1. The average Bonchev–Trinajstić information content (AvgIpc) is 2.30. The molecule has 96 valence electrons. The van der Waals surface area contributed by atoms with E-state index in [1.807, 2.05) is 12.1 Å². The lowest BCUT2D eigenvalue weighted by Gasteiger charge is -2.12. The summed E-state index contributed by atoms with van der Waals surface area (Å²) in [5.41, 5.74) is 8.00. The number of unbranched alkanes of at least 4 members (excludes halogenated alkanes) is 3. The van der Waals surface area contributed by atoms with Gasteiger partial charge in [-0.15, -0.1) is 0 Å². The van der Waals surface area contributed by atoms with E-state index < -0.39 is 0 Å². The molecule has 0 saturated carbocycles. The van der Waals surface area contributed by atoms with Crippen LogP contribution < -0.4 is 10.5 Å². The van der Waals surface area contributed by atoms with Gasteiger partial charge in [-0.3, -0.25) is 0 Å². The quantitative estimate of drug-likeness (QED) is 0.563. The van der Waals surface area contributed by atoms with Crippen LogP contribution in [0.1, 0.15) is 57.9 Å². The van der Waals surface area contributed by atoms with Gasteiger partial charge in [0, 0.05) is 0 Å². The molecule has 2 heteroatoms. The van der Waals surface area contributed by atoms with Crippen LogP contribution in [0.25, 0.3) is 0 Å². The first-order valence-electron chi connectivity index (χ1n) is 6.67. The van der Waals surface area contributed by atoms with Crippen molar-refractivity contribution < 1.29 is 4.74 Å². The first-order valence-corrected chi connectivity index (χ1v) is 6.67. The van der Waals surface area contributed by atoms with Crippen molar-refractivity contribution in [3.63, 3.8) is 0 Å². The van der Waals surface area contributed by atoms with E-state index >= 15 is 0 Å². The van der Waals surface area contributed by atoms with Gasteiger partial charge in [0.25, 0.3) is 0 Å². The second-order valence-electron chi connectivity index (χ2n) is 4.86. The molecule has 0 amide bonds. The van der Waals surface area contributed by atoms with Crippen molar-refractivity contribution in [1.82, 2.24) is 0 Å². The first-order chi connectivity index (χ1) is 8.15. The van der Waals surface area contributed by atoms with Gasteiger partial charge in [-0.1, -0.05) is 46.1 Å². The summed E-state index contributed by atoms with van der Waals surface area (Å²) in [5.74, 6) is 1.34. The van der Waals surface area contributed by atoms with Gasteiger partial charge in [-0.05, 0) is 30.0 Å². The maximum absolute atomic E-state index is 5.98. The highest BCUT2D eigenvalue weighted by Gasteiger charge is 2.04. The fourth-order valence-corrected chi connectivity index (χ4v) is 1.77. The molecule has 0 atom stereocenters. The Kier molecular flexibility index (Phi) is 5.88. The van der Waals surface area contributed by atoms with Crippen molar-refractivity contribution in [2.24, 2.45) is 0 Å². The third kappa shape index (κ3) is 4.68. The zero-order valence-corrected chi connectivity index (χ0v) is 11.3. The van der Waals surface area contributed by atoms with Crippen molar-refractivity contribution in [3.8, 4) is 5.75 Å². The van der Waals surface area contributed by atoms with Crippen molar-refractivity contribution in [2.75, 3.05) is 12.3 Å². The summed E-state index contributed by atoms with van der Waals surface area (Å²) in [6.45, 7) is 7.31. The van der Waals surface area contributed by atoms with Crippen LogP contribution in [-0.4, -0.2) is 6.61 Å². The predicted octanol–water partition coefficient (Wildman–Crippen LogP) is 4.35. The number of benzene rings is 1. The molecule has 0 saturated heterocycles. The van der Waals surface area contributed by atoms with Crippen LogP contribution in [0.5, 0.6) is 5.75 Å². The number of nitrogen functional groups attached to an aromatic ring is 1. The molecule has 1 rings (SSSR count). The van der Waals surface area contributed by atoms with E-state index in [1.165, 1.54) is 24.8 Å². The van der Waals surface area contributed by atoms with Gasteiger partial charge in [0.1, 0.15) is 5.75 Å². The number of hydrogen-bond acceptors (Lipinski definition) is 2. The molecule has 2 nitrogen and oxygen atoms in total. The lowest BCUT2D eigenvalue weighted by atomic mass is 10.0. The molecular weight excluding hydrogens is 210 g/mol. The highest BCUT2D eigenvalue weighted by molar-refractivity contribution is 5.54. The molecule has 0 aliphatic carbocycles. The largest absolute Gasteiger partial charge is 0.491 e. The van der Waals surface area contributed by atoms with Gasteiger partial charge in [-0.25, -0.2) is 0 Å². The lowest BCUT2D eigenvalue weighted by Crippen LogP contribution is -2.01. The Labute approximate surface area is 105 Å². The number of ether oxygens (including phenoxy) is 1. The fourth-order valence-electron chi connectivity index (χ4n) is 1.77.